The molecule has 0 fully saturated rings. The smallest absolute Gasteiger partial charge is 0.283 e. The first-order chi connectivity index (χ1) is 12.4. The van der Waals surface area contributed by atoms with Gasteiger partial charge in [-0.3, -0.25) is 14.7 Å². The minimum Gasteiger partial charge on any atom is -0.467 e. The van der Waals surface area contributed by atoms with Crippen LogP contribution in [0.25, 0.3) is 16.9 Å². The van der Waals surface area contributed by atoms with Crippen molar-refractivity contribution >= 4 is 10.9 Å². The van der Waals surface area contributed by atoms with E-state index in [4.69, 9.17) is 4.42 Å². The molecule has 0 amide bonds. The van der Waals surface area contributed by atoms with Crippen LogP contribution in [0.2, 0.25) is 0 Å². The van der Waals surface area contributed by atoms with Gasteiger partial charge in [0.25, 0.3) is 17.1 Å². The number of aromatic nitrogens is 5. The number of aromatic amines is 1. The van der Waals surface area contributed by atoms with Gasteiger partial charge >= 0.3 is 0 Å². The summed E-state index contributed by atoms with van der Waals surface area (Å²) >= 11 is 0. The highest BCUT2D eigenvalue weighted by Crippen LogP contribution is 2.14. The van der Waals surface area contributed by atoms with Gasteiger partial charge in [-0.1, -0.05) is 0 Å². The van der Waals surface area contributed by atoms with E-state index in [0.29, 0.717) is 22.4 Å². The van der Waals surface area contributed by atoms with Crippen molar-refractivity contribution in [3.05, 3.63) is 74.1 Å². The summed E-state index contributed by atoms with van der Waals surface area (Å²) in [4.78, 5) is 34.1. The Morgan fingerprint density at radius 1 is 1.12 bits per heavy atom. The lowest BCUT2D eigenvalue weighted by molar-refractivity contribution is 0.487. The van der Waals surface area contributed by atoms with Crippen LogP contribution in [-0.2, 0) is 6.54 Å². The third-order valence-electron chi connectivity index (χ3n) is 4.28. The van der Waals surface area contributed by atoms with E-state index in [1.807, 2.05) is 19.9 Å². The maximum atomic E-state index is 13.0. The Morgan fingerprint density at radius 2 is 1.85 bits per heavy atom. The summed E-state index contributed by atoms with van der Waals surface area (Å²) in [6.07, 6.45) is 1.55. The number of rotatable bonds is 3. The van der Waals surface area contributed by atoms with Crippen LogP contribution in [0.1, 0.15) is 22.8 Å². The molecule has 0 atom stereocenters. The van der Waals surface area contributed by atoms with Crippen LogP contribution >= 0.6 is 0 Å². The van der Waals surface area contributed by atoms with Crippen LogP contribution in [0.5, 0.6) is 0 Å². The fourth-order valence-corrected chi connectivity index (χ4v) is 3.11. The summed E-state index contributed by atoms with van der Waals surface area (Å²) in [6, 6.07) is 6.78. The highest BCUT2D eigenvalue weighted by Gasteiger charge is 2.17. The molecule has 1 N–H and O–H groups in total. The van der Waals surface area contributed by atoms with E-state index in [0.717, 1.165) is 11.4 Å². The molecular formula is C18H17N5O3. The topological polar surface area (TPSA) is 98.7 Å². The summed E-state index contributed by atoms with van der Waals surface area (Å²) in [7, 11) is 0. The monoisotopic (exact) mass is 351 g/mol. The van der Waals surface area contributed by atoms with Crippen LogP contribution in [-0.4, -0.2) is 24.3 Å². The van der Waals surface area contributed by atoms with Gasteiger partial charge in [-0.05, 0) is 39.0 Å². The number of aryl methyl sites for hydroxylation is 3. The SMILES string of the molecule is Cc1cc(C)nc(-n2[nH]c3cc(=O)n(Cc4ccco4)c(C)c3c2=O)n1. The number of nitrogens with one attached hydrogen (secondary N) is 1. The molecule has 4 aromatic rings. The first-order valence-electron chi connectivity index (χ1n) is 8.14. The molecule has 0 aliphatic heterocycles. The Kier molecular flexibility index (Phi) is 3.61. The molecule has 0 spiro atoms. The zero-order valence-corrected chi connectivity index (χ0v) is 14.6. The highest BCUT2D eigenvalue weighted by atomic mass is 16.3. The molecule has 0 bridgehead atoms. The van der Waals surface area contributed by atoms with Crippen molar-refractivity contribution in [2.24, 2.45) is 0 Å². The van der Waals surface area contributed by atoms with Gasteiger partial charge in [-0.2, -0.15) is 4.68 Å². The lowest BCUT2D eigenvalue weighted by Crippen LogP contribution is -2.24. The first kappa shape index (κ1) is 16.1. The third kappa shape index (κ3) is 2.55. The summed E-state index contributed by atoms with van der Waals surface area (Å²) < 4.78 is 8.11. The second kappa shape index (κ2) is 5.83. The normalized spacial score (nSPS) is 11.3. The van der Waals surface area contributed by atoms with Crippen molar-refractivity contribution in [1.29, 1.82) is 0 Å². The van der Waals surface area contributed by atoms with Gasteiger partial charge in [0, 0.05) is 23.1 Å². The van der Waals surface area contributed by atoms with Gasteiger partial charge in [-0.25, -0.2) is 9.97 Å². The molecule has 26 heavy (non-hydrogen) atoms. The molecule has 132 valence electrons. The number of hydrogen-bond donors (Lipinski definition) is 1. The van der Waals surface area contributed by atoms with E-state index in [9.17, 15) is 9.59 Å². The van der Waals surface area contributed by atoms with E-state index in [1.165, 1.54) is 15.3 Å². The number of furan rings is 1. The maximum absolute atomic E-state index is 13.0. The Labute approximate surface area is 147 Å². The number of H-pyrrole nitrogens is 1. The summed E-state index contributed by atoms with van der Waals surface area (Å²) in [5, 5.41) is 3.37. The summed E-state index contributed by atoms with van der Waals surface area (Å²) in [5.74, 6) is 0.899. The fourth-order valence-electron chi connectivity index (χ4n) is 3.11. The Hall–Kier alpha value is -3.42. The van der Waals surface area contributed by atoms with Crippen LogP contribution in [0.3, 0.4) is 0 Å². The van der Waals surface area contributed by atoms with Crippen molar-refractivity contribution in [1.82, 2.24) is 24.3 Å². The molecule has 0 aliphatic carbocycles. The molecule has 0 saturated heterocycles. The van der Waals surface area contributed by atoms with Gasteiger partial charge in [0.15, 0.2) is 0 Å². The van der Waals surface area contributed by atoms with Crippen molar-refractivity contribution in [3.8, 4) is 5.95 Å². The van der Waals surface area contributed by atoms with Gasteiger partial charge in [0.1, 0.15) is 5.76 Å². The predicted octanol–water partition coefficient (Wildman–Crippen LogP) is 1.84. The molecule has 4 rings (SSSR count). The van der Waals surface area contributed by atoms with Crippen LogP contribution < -0.4 is 11.1 Å². The average Bonchev–Trinajstić information content (AvgIpc) is 3.18. The van der Waals surface area contributed by atoms with E-state index < -0.39 is 0 Å². The zero-order chi connectivity index (χ0) is 18.4. The Bertz CT molecular complexity index is 1210. The first-order valence-corrected chi connectivity index (χ1v) is 8.14. The lowest BCUT2D eigenvalue weighted by atomic mass is 10.2. The van der Waals surface area contributed by atoms with Gasteiger partial charge < -0.3 is 8.98 Å². The zero-order valence-electron chi connectivity index (χ0n) is 14.6. The standard InChI is InChI=1S/C18H17N5O3/c1-10-7-11(2)20-18(19-10)23-17(25)16-12(3)22(9-13-5-4-6-26-13)15(24)8-14(16)21-23/h4-8,21H,9H2,1-3H3. The lowest BCUT2D eigenvalue weighted by Gasteiger charge is -2.08. The number of fused-ring (bicyclic) bond motifs is 1. The average molecular weight is 351 g/mol. The molecule has 8 nitrogen and oxygen atoms in total. The van der Waals surface area contributed by atoms with Gasteiger partial charge in [-0.15, -0.1) is 0 Å². The summed E-state index contributed by atoms with van der Waals surface area (Å²) in [6.45, 7) is 5.68. The summed E-state index contributed by atoms with van der Waals surface area (Å²) in [5.41, 5.74) is 2.01. The van der Waals surface area contributed by atoms with Crippen molar-refractivity contribution < 1.29 is 4.42 Å². The van der Waals surface area contributed by atoms with Crippen LogP contribution in [0.15, 0.2) is 44.5 Å². The highest BCUT2D eigenvalue weighted by molar-refractivity contribution is 5.80. The molecule has 0 aliphatic rings. The van der Waals surface area contributed by atoms with E-state index in [1.54, 1.807) is 25.3 Å². The molecule has 4 aromatic heterocycles. The van der Waals surface area contributed by atoms with E-state index in [2.05, 4.69) is 15.1 Å². The molecular weight excluding hydrogens is 334 g/mol. The van der Waals surface area contributed by atoms with Crippen molar-refractivity contribution in [2.75, 3.05) is 0 Å². The third-order valence-corrected chi connectivity index (χ3v) is 4.28. The predicted molar refractivity (Wildman–Crippen MR) is 95.8 cm³/mol. The maximum Gasteiger partial charge on any atom is 0.283 e. The molecule has 4 heterocycles. The van der Waals surface area contributed by atoms with E-state index in [-0.39, 0.29) is 23.6 Å². The largest absolute Gasteiger partial charge is 0.467 e. The van der Waals surface area contributed by atoms with Gasteiger partial charge in [0.2, 0.25) is 0 Å². The van der Waals surface area contributed by atoms with Crippen LogP contribution in [0.4, 0.5) is 0 Å². The Morgan fingerprint density at radius 3 is 2.50 bits per heavy atom. The number of hydrogen-bond acceptors (Lipinski definition) is 5. The number of nitrogens with zero attached hydrogens (tertiary/aromatic N) is 4. The molecule has 0 aromatic carbocycles. The molecule has 0 unspecified atom stereocenters. The molecule has 8 heteroatoms. The van der Waals surface area contributed by atoms with Crippen molar-refractivity contribution in [3.63, 3.8) is 0 Å². The second-order valence-electron chi connectivity index (χ2n) is 6.23. The number of pyridine rings is 1. The second-order valence-corrected chi connectivity index (χ2v) is 6.23. The molecule has 0 saturated carbocycles. The van der Waals surface area contributed by atoms with E-state index >= 15 is 0 Å². The quantitative estimate of drug-likeness (QED) is 0.607. The molecule has 0 radical (unpaired) electrons. The van der Waals surface area contributed by atoms with Crippen molar-refractivity contribution in [2.45, 2.75) is 27.3 Å². The van der Waals surface area contributed by atoms with Crippen LogP contribution in [0, 0.1) is 20.8 Å². The fraction of sp³-hybridized carbons (Fsp3) is 0.222. The minimum absolute atomic E-state index is 0.221. The van der Waals surface area contributed by atoms with Gasteiger partial charge in [0.05, 0.1) is 23.7 Å². The Balaban J connectivity index is 1.94. The minimum atomic E-state index is -0.296.